The van der Waals surface area contributed by atoms with Crippen LogP contribution in [-0.2, 0) is 14.9 Å². The fourth-order valence-electron chi connectivity index (χ4n) is 3.17. The van der Waals surface area contributed by atoms with Crippen LogP contribution in [-0.4, -0.2) is 44.7 Å². The lowest BCUT2D eigenvalue weighted by Gasteiger charge is -2.13. The summed E-state index contributed by atoms with van der Waals surface area (Å²) in [5.74, 6) is 0.789. The standard InChI is InChI=1S/C25H20ClNO7S2/c1-32-19-10-12-22(13-11-19)36(30,31)34-21-6-2-17(3-7-21)16-23-24(28)27(25(29)35-23)14-15-33-20-8-4-18(26)5-9-20/h2-13,16H,14-15H2,1H3/b23-16-. The third kappa shape index (κ3) is 6.20. The number of halogens is 1. The van der Waals surface area contributed by atoms with Crippen LogP contribution in [0.2, 0.25) is 5.02 Å². The van der Waals surface area contributed by atoms with E-state index in [0.717, 1.165) is 16.7 Å². The van der Waals surface area contributed by atoms with Crippen molar-refractivity contribution in [3.8, 4) is 17.2 Å². The lowest BCUT2D eigenvalue weighted by molar-refractivity contribution is -0.123. The van der Waals surface area contributed by atoms with E-state index in [1.54, 1.807) is 42.5 Å². The van der Waals surface area contributed by atoms with E-state index in [1.807, 2.05) is 0 Å². The van der Waals surface area contributed by atoms with Gasteiger partial charge in [0.05, 0.1) is 18.6 Å². The first-order chi connectivity index (χ1) is 17.2. The van der Waals surface area contributed by atoms with Crippen LogP contribution in [0, 0.1) is 0 Å². The summed E-state index contributed by atoms with van der Waals surface area (Å²) >= 11 is 6.67. The maximum absolute atomic E-state index is 12.7. The zero-order valence-corrected chi connectivity index (χ0v) is 21.3. The summed E-state index contributed by atoms with van der Waals surface area (Å²) in [5.41, 5.74) is 0.604. The van der Waals surface area contributed by atoms with E-state index < -0.39 is 21.3 Å². The predicted molar refractivity (Wildman–Crippen MR) is 137 cm³/mol. The van der Waals surface area contributed by atoms with Gasteiger partial charge in [-0.05, 0) is 84.1 Å². The molecule has 0 bridgehead atoms. The van der Waals surface area contributed by atoms with Crippen molar-refractivity contribution in [3.05, 3.63) is 88.3 Å². The van der Waals surface area contributed by atoms with Gasteiger partial charge < -0.3 is 13.7 Å². The quantitative estimate of drug-likeness (QED) is 0.266. The number of amides is 2. The van der Waals surface area contributed by atoms with Gasteiger partial charge >= 0.3 is 10.1 Å². The fraction of sp³-hybridized carbons (Fsp3) is 0.120. The summed E-state index contributed by atoms with van der Waals surface area (Å²) in [6.45, 7) is 0.238. The molecule has 0 aliphatic carbocycles. The Kier molecular flexibility index (Phi) is 7.88. The number of rotatable bonds is 9. The van der Waals surface area contributed by atoms with Gasteiger partial charge in [0.1, 0.15) is 28.8 Å². The zero-order chi connectivity index (χ0) is 25.7. The Balaban J connectivity index is 1.37. The van der Waals surface area contributed by atoms with Crippen LogP contribution in [0.4, 0.5) is 4.79 Å². The molecule has 0 spiro atoms. The van der Waals surface area contributed by atoms with Crippen molar-refractivity contribution >= 4 is 50.7 Å². The molecule has 1 aliphatic rings. The van der Waals surface area contributed by atoms with Crippen LogP contribution in [0.3, 0.4) is 0 Å². The van der Waals surface area contributed by atoms with E-state index in [1.165, 1.54) is 43.5 Å². The molecular formula is C25H20ClNO7S2. The molecule has 3 aromatic carbocycles. The highest BCUT2D eigenvalue weighted by atomic mass is 35.5. The van der Waals surface area contributed by atoms with Gasteiger partial charge in [0.15, 0.2) is 0 Å². The summed E-state index contributed by atoms with van der Waals surface area (Å²) in [6, 6.07) is 18.7. The van der Waals surface area contributed by atoms with Crippen molar-refractivity contribution in [2.75, 3.05) is 20.3 Å². The molecule has 4 rings (SSSR count). The molecule has 11 heteroatoms. The van der Waals surface area contributed by atoms with Gasteiger partial charge in [-0.15, -0.1) is 0 Å². The van der Waals surface area contributed by atoms with Crippen LogP contribution in [0.25, 0.3) is 6.08 Å². The van der Waals surface area contributed by atoms with Crippen molar-refractivity contribution in [2.45, 2.75) is 4.90 Å². The third-order valence-electron chi connectivity index (χ3n) is 5.00. The summed E-state index contributed by atoms with van der Waals surface area (Å²) < 4.78 is 40.8. The third-order valence-corrected chi connectivity index (χ3v) is 7.42. The van der Waals surface area contributed by atoms with Crippen molar-refractivity contribution < 1.29 is 31.7 Å². The topological polar surface area (TPSA) is 99.2 Å². The number of imide groups is 1. The molecule has 0 aromatic heterocycles. The molecule has 0 N–H and O–H groups in total. The second-order valence-electron chi connectivity index (χ2n) is 7.42. The van der Waals surface area contributed by atoms with Gasteiger partial charge in [0, 0.05) is 5.02 Å². The van der Waals surface area contributed by atoms with Gasteiger partial charge in [0.25, 0.3) is 11.1 Å². The largest absolute Gasteiger partial charge is 0.497 e. The molecule has 3 aromatic rings. The monoisotopic (exact) mass is 545 g/mol. The minimum Gasteiger partial charge on any atom is -0.497 e. The molecule has 2 amide bonds. The van der Waals surface area contributed by atoms with Crippen molar-refractivity contribution in [1.29, 1.82) is 0 Å². The molecule has 8 nitrogen and oxygen atoms in total. The van der Waals surface area contributed by atoms with E-state index in [0.29, 0.717) is 22.1 Å². The number of hydrogen-bond acceptors (Lipinski definition) is 8. The van der Waals surface area contributed by atoms with Gasteiger partial charge in [0.2, 0.25) is 0 Å². The molecule has 0 unspecified atom stereocenters. The summed E-state index contributed by atoms with van der Waals surface area (Å²) in [6.07, 6.45) is 1.56. The molecule has 1 saturated heterocycles. The molecule has 1 heterocycles. The van der Waals surface area contributed by atoms with Crippen molar-refractivity contribution in [1.82, 2.24) is 4.90 Å². The number of thioether (sulfide) groups is 1. The number of carbonyl (C=O) groups is 2. The van der Waals surface area contributed by atoms with E-state index in [2.05, 4.69) is 0 Å². The van der Waals surface area contributed by atoms with Gasteiger partial charge in [-0.3, -0.25) is 14.5 Å². The summed E-state index contributed by atoms with van der Waals surface area (Å²) in [7, 11) is -2.54. The maximum atomic E-state index is 12.7. The second kappa shape index (κ2) is 11.1. The highest BCUT2D eigenvalue weighted by molar-refractivity contribution is 8.18. The van der Waals surface area contributed by atoms with Crippen molar-refractivity contribution in [3.63, 3.8) is 0 Å². The van der Waals surface area contributed by atoms with Gasteiger partial charge in [-0.25, -0.2) is 0 Å². The molecule has 0 atom stereocenters. The first-order valence-electron chi connectivity index (χ1n) is 10.6. The first-order valence-corrected chi connectivity index (χ1v) is 13.2. The zero-order valence-electron chi connectivity index (χ0n) is 18.9. The van der Waals surface area contributed by atoms with Crippen LogP contribution in [0.15, 0.2) is 82.6 Å². The average Bonchev–Trinajstić information content (AvgIpc) is 3.13. The van der Waals surface area contributed by atoms with Gasteiger partial charge in [-0.1, -0.05) is 23.7 Å². The summed E-state index contributed by atoms with van der Waals surface area (Å²) in [5, 5.41) is 0.188. The van der Waals surface area contributed by atoms with E-state index in [-0.39, 0.29) is 28.7 Å². The lowest BCUT2D eigenvalue weighted by Crippen LogP contribution is -2.32. The van der Waals surface area contributed by atoms with E-state index >= 15 is 0 Å². The van der Waals surface area contributed by atoms with Crippen LogP contribution >= 0.6 is 23.4 Å². The molecule has 186 valence electrons. The minimum atomic E-state index is -4.03. The molecule has 1 fully saturated rings. The lowest BCUT2D eigenvalue weighted by atomic mass is 10.2. The predicted octanol–water partition coefficient (Wildman–Crippen LogP) is 5.23. The number of methoxy groups -OCH3 is 1. The Morgan fingerprint density at radius 1 is 0.889 bits per heavy atom. The molecule has 1 aliphatic heterocycles. The number of nitrogens with zero attached hydrogens (tertiary/aromatic N) is 1. The summed E-state index contributed by atoms with van der Waals surface area (Å²) in [4.78, 5) is 26.4. The SMILES string of the molecule is COc1ccc(S(=O)(=O)Oc2ccc(/C=C3\SC(=O)N(CCOc4ccc(Cl)cc4)C3=O)cc2)cc1. The Morgan fingerprint density at radius 2 is 1.50 bits per heavy atom. The number of carbonyl (C=O) groups excluding carboxylic acids is 2. The van der Waals surface area contributed by atoms with E-state index in [4.69, 9.17) is 25.3 Å². The Labute approximate surface area is 217 Å². The highest BCUT2D eigenvalue weighted by Crippen LogP contribution is 2.32. The molecule has 0 saturated carbocycles. The van der Waals surface area contributed by atoms with Crippen LogP contribution < -0.4 is 13.7 Å². The Hall–Kier alpha value is -3.47. The van der Waals surface area contributed by atoms with Crippen molar-refractivity contribution in [2.24, 2.45) is 0 Å². The van der Waals surface area contributed by atoms with Crippen LogP contribution in [0.5, 0.6) is 17.2 Å². The molecule has 36 heavy (non-hydrogen) atoms. The second-order valence-corrected chi connectivity index (χ2v) is 10.4. The smallest absolute Gasteiger partial charge is 0.339 e. The minimum absolute atomic E-state index is 0.0129. The highest BCUT2D eigenvalue weighted by Gasteiger charge is 2.34. The Bertz CT molecular complexity index is 1390. The molecule has 0 radical (unpaired) electrons. The maximum Gasteiger partial charge on any atom is 0.339 e. The first kappa shape index (κ1) is 25.6. The number of ether oxygens (including phenoxy) is 2. The number of benzene rings is 3. The molecular weight excluding hydrogens is 526 g/mol. The average molecular weight is 546 g/mol. The Morgan fingerprint density at radius 3 is 2.14 bits per heavy atom. The number of hydrogen-bond donors (Lipinski definition) is 0. The van der Waals surface area contributed by atoms with Gasteiger partial charge in [-0.2, -0.15) is 8.42 Å². The van der Waals surface area contributed by atoms with Crippen LogP contribution in [0.1, 0.15) is 5.56 Å². The fourth-order valence-corrected chi connectivity index (χ4v) is 5.09. The van der Waals surface area contributed by atoms with E-state index in [9.17, 15) is 18.0 Å². The normalized spacial score (nSPS) is 14.8.